The summed E-state index contributed by atoms with van der Waals surface area (Å²) in [5, 5.41) is 1.12. The fraction of sp³-hybridized carbons (Fsp3) is 0.125. The highest BCUT2D eigenvalue weighted by Crippen LogP contribution is 2.17. The molecule has 2 aromatic rings. The van der Waals surface area contributed by atoms with Crippen LogP contribution in [0.4, 0.5) is 5.69 Å². The number of sulfonamides is 1. The Labute approximate surface area is 130 Å². The van der Waals surface area contributed by atoms with Gasteiger partial charge in [0.25, 0.3) is 10.0 Å². The number of anilines is 1. The summed E-state index contributed by atoms with van der Waals surface area (Å²) in [6, 6.07) is 13.7. The average molecular weight is 319 g/mol. The molecule has 0 fully saturated rings. The molecule has 2 rings (SSSR count). The van der Waals surface area contributed by atoms with Gasteiger partial charge in [-0.25, -0.2) is 8.42 Å². The van der Waals surface area contributed by atoms with Crippen molar-refractivity contribution in [3.8, 4) is 11.5 Å². The summed E-state index contributed by atoms with van der Waals surface area (Å²) < 4.78 is 36.5. The Morgan fingerprint density at radius 2 is 1.36 bits per heavy atom. The van der Waals surface area contributed by atoms with E-state index in [0.29, 0.717) is 11.4 Å². The Kier molecular flexibility index (Phi) is 5.06. The first kappa shape index (κ1) is 15.9. The molecule has 5 nitrogen and oxygen atoms in total. The summed E-state index contributed by atoms with van der Waals surface area (Å²) in [7, 11) is -0.441. The van der Waals surface area contributed by atoms with Crippen LogP contribution in [-0.4, -0.2) is 22.6 Å². The van der Waals surface area contributed by atoms with E-state index < -0.39 is 10.0 Å². The number of methoxy groups -OCH3 is 2. The third kappa shape index (κ3) is 4.53. The van der Waals surface area contributed by atoms with Gasteiger partial charge in [-0.1, -0.05) is 12.1 Å². The predicted molar refractivity (Wildman–Crippen MR) is 87.6 cm³/mol. The van der Waals surface area contributed by atoms with E-state index in [4.69, 9.17) is 9.47 Å². The lowest BCUT2D eigenvalue weighted by Gasteiger charge is -2.05. The van der Waals surface area contributed by atoms with Crippen LogP contribution in [0.2, 0.25) is 0 Å². The molecule has 0 unspecified atom stereocenters. The van der Waals surface area contributed by atoms with E-state index in [0.717, 1.165) is 16.7 Å². The van der Waals surface area contributed by atoms with Gasteiger partial charge in [0, 0.05) is 5.69 Å². The molecule has 0 atom stereocenters. The maximum Gasteiger partial charge on any atom is 0.255 e. The summed E-state index contributed by atoms with van der Waals surface area (Å²) in [5.41, 5.74) is 1.24. The van der Waals surface area contributed by atoms with Gasteiger partial charge in [0.2, 0.25) is 0 Å². The second-order valence-corrected chi connectivity index (χ2v) is 6.02. The van der Waals surface area contributed by atoms with E-state index in [1.807, 2.05) is 0 Å². The van der Waals surface area contributed by atoms with Crippen LogP contribution in [0.3, 0.4) is 0 Å². The largest absolute Gasteiger partial charge is 0.497 e. The Morgan fingerprint density at radius 1 is 0.864 bits per heavy atom. The molecular weight excluding hydrogens is 302 g/mol. The van der Waals surface area contributed by atoms with Gasteiger partial charge in [0.05, 0.1) is 19.6 Å². The minimum atomic E-state index is -3.57. The zero-order valence-corrected chi connectivity index (χ0v) is 13.1. The summed E-state index contributed by atoms with van der Waals surface area (Å²) in [6.07, 6.45) is 1.52. The second-order valence-electron chi connectivity index (χ2n) is 4.45. The van der Waals surface area contributed by atoms with Gasteiger partial charge in [-0.3, -0.25) is 4.72 Å². The first-order valence-electron chi connectivity index (χ1n) is 6.51. The molecule has 0 aliphatic rings. The second kappa shape index (κ2) is 7.00. The van der Waals surface area contributed by atoms with Crippen molar-refractivity contribution in [2.24, 2.45) is 0 Å². The summed E-state index contributed by atoms with van der Waals surface area (Å²) in [6.45, 7) is 0. The van der Waals surface area contributed by atoms with Crippen molar-refractivity contribution in [3.63, 3.8) is 0 Å². The molecule has 0 heterocycles. The standard InChI is InChI=1S/C16H17NO4S/c1-20-15-7-3-13(4-8-15)11-12-22(18,19)17-14-5-9-16(21-2)10-6-14/h3-12,17H,1-2H3. The molecule has 0 radical (unpaired) electrons. The maximum atomic E-state index is 12.0. The number of nitrogens with one attached hydrogen (secondary N) is 1. The van der Waals surface area contributed by atoms with Crippen molar-refractivity contribution in [2.45, 2.75) is 0 Å². The smallest absolute Gasteiger partial charge is 0.255 e. The molecule has 0 aliphatic heterocycles. The molecule has 22 heavy (non-hydrogen) atoms. The Morgan fingerprint density at radius 3 is 1.86 bits per heavy atom. The minimum Gasteiger partial charge on any atom is -0.497 e. The van der Waals surface area contributed by atoms with Crippen molar-refractivity contribution in [2.75, 3.05) is 18.9 Å². The summed E-state index contributed by atoms with van der Waals surface area (Å²) in [4.78, 5) is 0. The first-order chi connectivity index (χ1) is 10.5. The van der Waals surface area contributed by atoms with Gasteiger partial charge < -0.3 is 9.47 Å². The molecular formula is C16H17NO4S. The lowest BCUT2D eigenvalue weighted by molar-refractivity contribution is 0.414. The monoisotopic (exact) mass is 319 g/mol. The van der Waals surface area contributed by atoms with Gasteiger partial charge in [-0.2, -0.15) is 0 Å². The summed E-state index contributed by atoms with van der Waals surface area (Å²) in [5.74, 6) is 1.38. The molecule has 0 bridgehead atoms. The number of hydrogen-bond donors (Lipinski definition) is 1. The number of rotatable bonds is 6. The fourth-order valence-corrected chi connectivity index (χ4v) is 2.61. The van der Waals surface area contributed by atoms with E-state index >= 15 is 0 Å². The third-order valence-corrected chi connectivity index (χ3v) is 3.92. The Hall–Kier alpha value is -2.47. The lowest BCUT2D eigenvalue weighted by Crippen LogP contribution is -2.08. The van der Waals surface area contributed by atoms with Gasteiger partial charge in [0.15, 0.2) is 0 Å². The van der Waals surface area contributed by atoms with Crippen LogP contribution in [0, 0.1) is 0 Å². The first-order valence-corrected chi connectivity index (χ1v) is 8.06. The average Bonchev–Trinajstić information content (AvgIpc) is 2.54. The van der Waals surface area contributed by atoms with E-state index in [9.17, 15) is 8.42 Å². The highest BCUT2D eigenvalue weighted by Gasteiger charge is 2.05. The molecule has 0 amide bonds. The van der Waals surface area contributed by atoms with Crippen LogP contribution in [0.15, 0.2) is 53.9 Å². The number of ether oxygens (including phenoxy) is 2. The quantitative estimate of drug-likeness (QED) is 0.888. The van der Waals surface area contributed by atoms with Crippen molar-refractivity contribution < 1.29 is 17.9 Å². The van der Waals surface area contributed by atoms with Crippen molar-refractivity contribution in [3.05, 3.63) is 59.5 Å². The Bertz CT molecular complexity index is 735. The molecule has 0 spiro atoms. The predicted octanol–water partition coefficient (Wildman–Crippen LogP) is 3.12. The van der Waals surface area contributed by atoms with Crippen LogP contribution in [0.1, 0.15) is 5.56 Å². The highest BCUT2D eigenvalue weighted by molar-refractivity contribution is 7.95. The van der Waals surface area contributed by atoms with Crippen molar-refractivity contribution >= 4 is 21.8 Å². The van der Waals surface area contributed by atoms with Crippen LogP contribution >= 0.6 is 0 Å². The van der Waals surface area contributed by atoms with Crippen LogP contribution in [-0.2, 0) is 10.0 Å². The van der Waals surface area contributed by atoms with E-state index in [-0.39, 0.29) is 0 Å². The number of benzene rings is 2. The molecule has 6 heteroatoms. The maximum absolute atomic E-state index is 12.0. The molecule has 116 valence electrons. The van der Waals surface area contributed by atoms with Crippen LogP contribution in [0.5, 0.6) is 11.5 Å². The van der Waals surface area contributed by atoms with Crippen LogP contribution in [0.25, 0.3) is 6.08 Å². The summed E-state index contributed by atoms with van der Waals surface area (Å²) >= 11 is 0. The minimum absolute atomic E-state index is 0.472. The van der Waals surface area contributed by atoms with Crippen molar-refractivity contribution in [1.82, 2.24) is 0 Å². The molecule has 1 N–H and O–H groups in total. The van der Waals surface area contributed by atoms with Crippen LogP contribution < -0.4 is 14.2 Å². The van der Waals surface area contributed by atoms with E-state index in [1.165, 1.54) is 6.08 Å². The lowest BCUT2D eigenvalue weighted by atomic mass is 10.2. The SMILES string of the molecule is COc1ccc(C=CS(=O)(=O)Nc2ccc(OC)cc2)cc1. The van der Waals surface area contributed by atoms with Gasteiger partial charge in [0.1, 0.15) is 11.5 Å². The van der Waals surface area contributed by atoms with E-state index in [2.05, 4.69) is 4.72 Å². The van der Waals surface area contributed by atoms with Gasteiger partial charge in [-0.05, 0) is 48.0 Å². The fourth-order valence-electron chi connectivity index (χ4n) is 1.74. The number of hydrogen-bond acceptors (Lipinski definition) is 4. The molecule has 2 aromatic carbocycles. The topological polar surface area (TPSA) is 64.6 Å². The molecule has 0 aliphatic carbocycles. The molecule has 0 aromatic heterocycles. The zero-order chi connectivity index (χ0) is 16.0. The van der Waals surface area contributed by atoms with Crippen molar-refractivity contribution in [1.29, 1.82) is 0 Å². The molecule has 0 saturated carbocycles. The van der Waals surface area contributed by atoms with Gasteiger partial charge >= 0.3 is 0 Å². The zero-order valence-electron chi connectivity index (χ0n) is 12.3. The highest BCUT2D eigenvalue weighted by atomic mass is 32.2. The van der Waals surface area contributed by atoms with Gasteiger partial charge in [-0.15, -0.1) is 0 Å². The normalized spacial score (nSPS) is 11.4. The van der Waals surface area contributed by atoms with E-state index in [1.54, 1.807) is 62.8 Å². The third-order valence-electron chi connectivity index (χ3n) is 2.91. The molecule has 0 saturated heterocycles. The Balaban J connectivity index is 2.07.